The standard InChI is InChI=1S/C17H25F3N4O2S.2ClH/c1-26-15(25)3-2-13-10-22-16(27-13)14-8-12(9-21-14)24-6-4-23(5-7-24)11-17(18,19)20;;/h10,12,14,21H,2-9,11H2,1H3;2*1H/t12-,14-;;/m0../s1. The summed E-state index contributed by atoms with van der Waals surface area (Å²) in [4.78, 5) is 20.5. The molecule has 2 aliphatic rings. The third-order valence-corrected chi connectivity index (χ3v) is 6.28. The third-order valence-electron chi connectivity index (χ3n) is 5.11. The number of esters is 1. The molecule has 2 fully saturated rings. The summed E-state index contributed by atoms with van der Waals surface area (Å²) < 4.78 is 42.2. The second-order valence-corrected chi connectivity index (χ2v) is 8.17. The number of methoxy groups -OCH3 is 1. The van der Waals surface area contributed by atoms with Gasteiger partial charge in [0.25, 0.3) is 0 Å². The van der Waals surface area contributed by atoms with Crippen molar-refractivity contribution < 1.29 is 22.7 Å². The minimum Gasteiger partial charge on any atom is -0.469 e. The summed E-state index contributed by atoms with van der Waals surface area (Å²) in [6, 6.07) is 0.491. The number of nitrogens with zero attached hydrogens (tertiary/aromatic N) is 3. The number of hydrogen-bond donors (Lipinski definition) is 1. The Morgan fingerprint density at radius 3 is 2.62 bits per heavy atom. The predicted octanol–water partition coefficient (Wildman–Crippen LogP) is 2.68. The Labute approximate surface area is 185 Å². The molecular weight excluding hydrogens is 452 g/mol. The SMILES string of the molecule is COC(=O)CCc1cnc([C@@H]2C[C@H](N3CCN(CC(F)(F)F)CC3)CN2)s1.Cl.Cl. The monoisotopic (exact) mass is 478 g/mol. The summed E-state index contributed by atoms with van der Waals surface area (Å²) in [6.45, 7) is 2.24. The van der Waals surface area contributed by atoms with Gasteiger partial charge < -0.3 is 10.1 Å². The average molecular weight is 479 g/mol. The number of piperazine rings is 1. The Kier molecular flexibility index (Phi) is 10.6. The molecule has 29 heavy (non-hydrogen) atoms. The highest BCUT2D eigenvalue weighted by Gasteiger charge is 2.36. The molecule has 0 radical (unpaired) electrons. The second-order valence-electron chi connectivity index (χ2n) is 7.02. The van der Waals surface area contributed by atoms with Crippen molar-refractivity contribution in [3.63, 3.8) is 0 Å². The van der Waals surface area contributed by atoms with Crippen molar-refractivity contribution in [3.8, 4) is 0 Å². The third kappa shape index (κ3) is 7.84. The quantitative estimate of drug-likeness (QED) is 0.634. The van der Waals surface area contributed by atoms with E-state index in [2.05, 4.69) is 19.9 Å². The van der Waals surface area contributed by atoms with E-state index < -0.39 is 12.7 Å². The van der Waals surface area contributed by atoms with E-state index in [0.29, 0.717) is 45.1 Å². The number of halogens is 5. The normalized spacial score (nSPS) is 23.3. The highest BCUT2D eigenvalue weighted by Crippen LogP contribution is 2.30. The van der Waals surface area contributed by atoms with Crippen LogP contribution in [0.3, 0.4) is 0 Å². The first-order valence-corrected chi connectivity index (χ1v) is 9.93. The topological polar surface area (TPSA) is 57.7 Å². The van der Waals surface area contributed by atoms with Crippen LogP contribution in [0.2, 0.25) is 0 Å². The van der Waals surface area contributed by atoms with Crippen LogP contribution in [0, 0.1) is 0 Å². The number of ether oxygens (including phenoxy) is 1. The molecule has 1 N–H and O–H groups in total. The van der Waals surface area contributed by atoms with E-state index >= 15 is 0 Å². The zero-order valence-corrected chi connectivity index (χ0v) is 18.6. The Bertz CT molecular complexity index is 642. The summed E-state index contributed by atoms with van der Waals surface area (Å²) in [5.41, 5.74) is 0. The van der Waals surface area contributed by atoms with Gasteiger partial charge in [-0.3, -0.25) is 14.6 Å². The number of hydrogen-bond acceptors (Lipinski definition) is 7. The fourth-order valence-electron chi connectivity index (χ4n) is 3.65. The molecule has 0 unspecified atom stereocenters. The summed E-state index contributed by atoms with van der Waals surface area (Å²) >= 11 is 1.60. The fraction of sp³-hybridized carbons (Fsp3) is 0.765. The minimum atomic E-state index is -4.13. The maximum Gasteiger partial charge on any atom is 0.401 e. The molecule has 0 saturated carbocycles. The zero-order chi connectivity index (χ0) is 19.4. The molecule has 1 aromatic heterocycles. The summed E-state index contributed by atoms with van der Waals surface area (Å²) in [7, 11) is 1.38. The van der Waals surface area contributed by atoms with E-state index in [9.17, 15) is 18.0 Å². The number of carbonyl (C=O) groups is 1. The largest absolute Gasteiger partial charge is 0.469 e. The van der Waals surface area contributed by atoms with Gasteiger partial charge in [0.1, 0.15) is 5.01 Å². The number of thiazole rings is 1. The van der Waals surface area contributed by atoms with E-state index in [1.807, 2.05) is 6.20 Å². The lowest BCUT2D eigenvalue weighted by atomic mass is 10.1. The lowest BCUT2D eigenvalue weighted by Gasteiger charge is -2.38. The predicted molar refractivity (Wildman–Crippen MR) is 110 cm³/mol. The van der Waals surface area contributed by atoms with Gasteiger partial charge in [-0.15, -0.1) is 36.2 Å². The highest BCUT2D eigenvalue weighted by atomic mass is 35.5. The van der Waals surface area contributed by atoms with Crippen LogP contribution >= 0.6 is 36.2 Å². The van der Waals surface area contributed by atoms with Gasteiger partial charge in [-0.2, -0.15) is 13.2 Å². The second kappa shape index (κ2) is 11.7. The fourth-order valence-corrected chi connectivity index (χ4v) is 4.66. The van der Waals surface area contributed by atoms with Crippen LogP contribution in [0.25, 0.3) is 0 Å². The van der Waals surface area contributed by atoms with Gasteiger partial charge in [0.05, 0.1) is 26.1 Å². The van der Waals surface area contributed by atoms with Gasteiger partial charge >= 0.3 is 12.1 Å². The molecule has 6 nitrogen and oxygen atoms in total. The van der Waals surface area contributed by atoms with E-state index in [0.717, 1.165) is 22.9 Å². The molecule has 12 heteroatoms. The van der Waals surface area contributed by atoms with Crippen LogP contribution in [-0.4, -0.2) is 79.3 Å². The maximum atomic E-state index is 12.5. The molecule has 2 aliphatic heterocycles. The van der Waals surface area contributed by atoms with Crippen molar-refractivity contribution in [1.82, 2.24) is 20.1 Å². The molecule has 0 bridgehead atoms. The molecule has 3 heterocycles. The van der Waals surface area contributed by atoms with Gasteiger partial charge in [0.15, 0.2) is 0 Å². The highest BCUT2D eigenvalue weighted by molar-refractivity contribution is 7.11. The lowest BCUT2D eigenvalue weighted by Crippen LogP contribution is -2.52. The Hall–Kier alpha value is -0.650. The Morgan fingerprint density at radius 2 is 2.00 bits per heavy atom. The van der Waals surface area contributed by atoms with Crippen molar-refractivity contribution in [2.45, 2.75) is 37.5 Å². The van der Waals surface area contributed by atoms with Crippen molar-refractivity contribution >= 4 is 42.1 Å². The van der Waals surface area contributed by atoms with Crippen LogP contribution in [-0.2, 0) is 16.0 Å². The van der Waals surface area contributed by atoms with E-state index in [1.165, 1.54) is 12.0 Å². The molecule has 1 aromatic rings. The molecule has 3 rings (SSSR count). The van der Waals surface area contributed by atoms with Crippen molar-refractivity contribution in [2.75, 3.05) is 46.4 Å². The molecule has 2 saturated heterocycles. The summed E-state index contributed by atoms with van der Waals surface area (Å²) in [5.74, 6) is -0.228. The van der Waals surface area contributed by atoms with E-state index in [-0.39, 0.29) is 36.8 Å². The van der Waals surface area contributed by atoms with Crippen molar-refractivity contribution in [1.29, 1.82) is 0 Å². The first-order chi connectivity index (χ1) is 12.8. The smallest absolute Gasteiger partial charge is 0.401 e. The molecule has 0 amide bonds. The van der Waals surface area contributed by atoms with Gasteiger partial charge in [0, 0.05) is 49.8 Å². The summed E-state index contributed by atoms with van der Waals surface area (Å²) in [6.07, 6.45) is -0.432. The first-order valence-electron chi connectivity index (χ1n) is 9.12. The molecule has 0 spiro atoms. The number of alkyl halides is 3. The van der Waals surface area contributed by atoms with Gasteiger partial charge in [0.2, 0.25) is 0 Å². The minimum absolute atomic E-state index is 0. The van der Waals surface area contributed by atoms with Crippen molar-refractivity contribution in [3.05, 3.63) is 16.1 Å². The molecule has 2 atom stereocenters. The zero-order valence-electron chi connectivity index (χ0n) is 16.1. The van der Waals surface area contributed by atoms with Gasteiger partial charge in [-0.05, 0) is 12.8 Å². The van der Waals surface area contributed by atoms with Crippen LogP contribution < -0.4 is 5.32 Å². The van der Waals surface area contributed by atoms with Gasteiger partial charge in [-0.1, -0.05) is 0 Å². The van der Waals surface area contributed by atoms with E-state index in [4.69, 9.17) is 0 Å². The Morgan fingerprint density at radius 1 is 1.31 bits per heavy atom. The molecule has 0 aromatic carbocycles. The number of rotatable bonds is 6. The number of aryl methyl sites for hydroxylation is 1. The molecular formula is C17H27Cl2F3N4O2S. The number of carbonyl (C=O) groups excluding carboxylic acids is 1. The molecule has 0 aliphatic carbocycles. The van der Waals surface area contributed by atoms with Crippen LogP contribution in [0.5, 0.6) is 0 Å². The van der Waals surface area contributed by atoms with Crippen LogP contribution in [0.4, 0.5) is 13.2 Å². The average Bonchev–Trinajstić information content (AvgIpc) is 3.28. The maximum absolute atomic E-state index is 12.5. The van der Waals surface area contributed by atoms with Crippen LogP contribution in [0.1, 0.15) is 28.8 Å². The molecule has 168 valence electrons. The van der Waals surface area contributed by atoms with Crippen molar-refractivity contribution in [2.24, 2.45) is 0 Å². The number of nitrogens with one attached hydrogen (secondary N) is 1. The first kappa shape index (κ1) is 26.4. The van der Waals surface area contributed by atoms with Crippen LogP contribution in [0.15, 0.2) is 6.20 Å². The summed E-state index contributed by atoms with van der Waals surface area (Å²) in [5, 5.41) is 4.49. The van der Waals surface area contributed by atoms with Gasteiger partial charge in [-0.25, -0.2) is 4.98 Å². The lowest BCUT2D eigenvalue weighted by molar-refractivity contribution is -0.149. The Balaban J connectivity index is 0.00000210. The van der Waals surface area contributed by atoms with E-state index in [1.54, 1.807) is 11.3 Å². The number of aromatic nitrogens is 1.